The molecule has 2 heterocycles. The first kappa shape index (κ1) is 26.3. The van der Waals surface area contributed by atoms with Crippen LogP contribution in [0.2, 0.25) is 0 Å². The number of ether oxygens (including phenoxy) is 1. The molecule has 2 aromatic carbocycles. The SMILES string of the molecule is CC(C)c1cc(-c2noc([C@@H]3CCCN3C(=N)N)n2)ccc1OCc1ccc(C(F)(F)F)cc1.Cl. The molecular weight excluding hydrogens is 483 g/mol. The molecule has 3 aromatic rings. The summed E-state index contributed by atoms with van der Waals surface area (Å²) in [7, 11) is 0. The fraction of sp³-hybridized carbons (Fsp3) is 0.375. The number of nitrogens with one attached hydrogen (secondary N) is 1. The van der Waals surface area contributed by atoms with Gasteiger partial charge < -0.3 is 19.9 Å². The summed E-state index contributed by atoms with van der Waals surface area (Å²) in [6.07, 6.45) is -2.68. The topological polar surface area (TPSA) is 101 Å². The van der Waals surface area contributed by atoms with Gasteiger partial charge in [-0.3, -0.25) is 5.41 Å². The second-order valence-electron chi connectivity index (χ2n) is 8.58. The minimum Gasteiger partial charge on any atom is -0.489 e. The zero-order valence-electron chi connectivity index (χ0n) is 19.3. The second-order valence-corrected chi connectivity index (χ2v) is 8.58. The molecule has 0 radical (unpaired) electrons. The van der Waals surface area contributed by atoms with E-state index in [2.05, 4.69) is 10.1 Å². The van der Waals surface area contributed by atoms with Crippen molar-refractivity contribution in [2.45, 2.75) is 51.4 Å². The standard InChI is InChI=1S/C24H26F3N5O2.ClH/c1-14(2)18-12-16(21-30-22(34-31-21)19-4-3-11-32(19)23(28)29)7-10-20(18)33-13-15-5-8-17(9-6-15)24(25,26)27;/h5-10,12,14,19H,3-4,11,13H2,1-2H3,(H3,28,29);1H/t19-;/m0./s1. The summed E-state index contributed by atoms with van der Waals surface area (Å²) in [5, 5.41) is 11.9. The lowest BCUT2D eigenvalue weighted by Crippen LogP contribution is -2.35. The number of nitrogens with two attached hydrogens (primary N) is 1. The minimum absolute atomic E-state index is 0. The Kier molecular flexibility index (Phi) is 7.94. The van der Waals surface area contributed by atoms with Crippen molar-refractivity contribution in [3.05, 3.63) is 65.0 Å². The van der Waals surface area contributed by atoms with Crippen LogP contribution in [0, 0.1) is 5.41 Å². The van der Waals surface area contributed by atoms with Crippen molar-refractivity contribution in [3.8, 4) is 17.1 Å². The lowest BCUT2D eigenvalue weighted by atomic mass is 9.99. The van der Waals surface area contributed by atoms with Crippen molar-refractivity contribution < 1.29 is 22.4 Å². The number of alkyl halides is 3. The van der Waals surface area contributed by atoms with E-state index >= 15 is 0 Å². The minimum atomic E-state index is -4.36. The number of halogens is 4. The van der Waals surface area contributed by atoms with Crippen molar-refractivity contribution >= 4 is 18.4 Å². The zero-order valence-corrected chi connectivity index (χ0v) is 20.1. The lowest BCUT2D eigenvalue weighted by Gasteiger charge is -2.21. The predicted molar refractivity (Wildman–Crippen MR) is 127 cm³/mol. The summed E-state index contributed by atoms with van der Waals surface area (Å²) in [5.41, 5.74) is 7.29. The number of benzene rings is 2. The van der Waals surface area contributed by atoms with Gasteiger partial charge in [0.1, 0.15) is 18.4 Å². The van der Waals surface area contributed by atoms with E-state index in [4.69, 9.17) is 20.4 Å². The first-order valence-electron chi connectivity index (χ1n) is 11.0. The van der Waals surface area contributed by atoms with Crippen molar-refractivity contribution in [1.82, 2.24) is 15.0 Å². The Balaban J connectivity index is 0.00000342. The highest BCUT2D eigenvalue weighted by Crippen LogP contribution is 2.34. The average molecular weight is 510 g/mol. The highest BCUT2D eigenvalue weighted by atomic mass is 35.5. The number of hydrogen-bond acceptors (Lipinski definition) is 5. The van der Waals surface area contributed by atoms with E-state index in [1.807, 2.05) is 32.0 Å². The van der Waals surface area contributed by atoms with Gasteiger partial charge >= 0.3 is 6.18 Å². The summed E-state index contributed by atoms with van der Waals surface area (Å²) in [5.74, 6) is 1.61. The Bertz CT molecular complexity index is 1160. The molecule has 0 amide bonds. The molecule has 1 fully saturated rings. The molecule has 7 nitrogen and oxygen atoms in total. The number of rotatable bonds is 6. The largest absolute Gasteiger partial charge is 0.489 e. The molecule has 11 heteroatoms. The second kappa shape index (κ2) is 10.6. The molecule has 0 spiro atoms. The molecule has 0 aliphatic carbocycles. The van der Waals surface area contributed by atoms with Gasteiger partial charge in [-0.2, -0.15) is 18.2 Å². The quantitative estimate of drug-likeness (QED) is 0.316. The number of guanidine groups is 1. The average Bonchev–Trinajstić information content (AvgIpc) is 3.47. The normalized spacial score (nSPS) is 15.8. The molecule has 35 heavy (non-hydrogen) atoms. The van der Waals surface area contributed by atoms with Crippen LogP contribution < -0.4 is 10.5 Å². The van der Waals surface area contributed by atoms with E-state index in [1.165, 1.54) is 12.1 Å². The van der Waals surface area contributed by atoms with Gasteiger partial charge in [-0.25, -0.2) is 0 Å². The van der Waals surface area contributed by atoms with E-state index in [0.717, 1.165) is 36.1 Å². The summed E-state index contributed by atoms with van der Waals surface area (Å²) in [4.78, 5) is 6.29. The van der Waals surface area contributed by atoms with Gasteiger partial charge in [-0.15, -0.1) is 12.4 Å². The highest BCUT2D eigenvalue weighted by molar-refractivity contribution is 5.85. The van der Waals surface area contributed by atoms with Crippen LogP contribution >= 0.6 is 12.4 Å². The maximum Gasteiger partial charge on any atom is 0.416 e. The fourth-order valence-corrected chi connectivity index (χ4v) is 4.02. The van der Waals surface area contributed by atoms with Gasteiger partial charge in [0.15, 0.2) is 5.96 Å². The highest BCUT2D eigenvalue weighted by Gasteiger charge is 2.32. The molecule has 188 valence electrons. The molecule has 1 saturated heterocycles. The molecule has 3 N–H and O–H groups in total. The summed E-state index contributed by atoms with van der Waals surface area (Å²) < 4.78 is 49.7. The van der Waals surface area contributed by atoms with Crippen molar-refractivity contribution in [2.24, 2.45) is 5.73 Å². The maximum atomic E-state index is 12.8. The van der Waals surface area contributed by atoms with Gasteiger partial charge in [0.25, 0.3) is 0 Å². The van der Waals surface area contributed by atoms with Crippen LogP contribution in [-0.4, -0.2) is 27.5 Å². The monoisotopic (exact) mass is 509 g/mol. The van der Waals surface area contributed by atoms with Crippen molar-refractivity contribution in [2.75, 3.05) is 6.54 Å². The molecule has 4 rings (SSSR count). The third-order valence-electron chi connectivity index (χ3n) is 5.85. The van der Waals surface area contributed by atoms with E-state index in [1.54, 1.807) is 4.90 Å². The summed E-state index contributed by atoms with van der Waals surface area (Å²) in [6.45, 7) is 4.87. The summed E-state index contributed by atoms with van der Waals surface area (Å²) in [6, 6.07) is 10.3. The first-order valence-corrected chi connectivity index (χ1v) is 11.0. The van der Waals surface area contributed by atoms with Crippen LogP contribution in [0.3, 0.4) is 0 Å². The number of nitrogens with zero attached hydrogens (tertiary/aromatic N) is 3. The van der Waals surface area contributed by atoms with Crippen LogP contribution in [-0.2, 0) is 12.8 Å². The maximum absolute atomic E-state index is 12.8. The number of likely N-dealkylation sites (tertiary alicyclic amines) is 1. The van der Waals surface area contributed by atoms with E-state index in [0.29, 0.717) is 29.6 Å². The Hall–Kier alpha value is -3.27. The molecule has 1 atom stereocenters. The van der Waals surface area contributed by atoms with Crippen LogP contribution in [0.5, 0.6) is 5.75 Å². The summed E-state index contributed by atoms with van der Waals surface area (Å²) >= 11 is 0. The zero-order chi connectivity index (χ0) is 24.5. The van der Waals surface area contributed by atoms with Gasteiger partial charge in [-0.05, 0) is 60.2 Å². The van der Waals surface area contributed by atoms with Crippen LogP contribution in [0.1, 0.15) is 61.2 Å². The Morgan fingerprint density at radius 3 is 2.57 bits per heavy atom. The Labute approximate surface area is 207 Å². The van der Waals surface area contributed by atoms with E-state index in [9.17, 15) is 13.2 Å². The number of hydrogen-bond donors (Lipinski definition) is 2. The smallest absolute Gasteiger partial charge is 0.416 e. The van der Waals surface area contributed by atoms with Crippen LogP contribution in [0.25, 0.3) is 11.4 Å². The third-order valence-corrected chi connectivity index (χ3v) is 5.85. The molecule has 1 aliphatic rings. The molecule has 0 saturated carbocycles. The van der Waals surface area contributed by atoms with Gasteiger partial charge in [0.05, 0.1) is 5.56 Å². The molecular formula is C24H27ClF3N5O2. The van der Waals surface area contributed by atoms with Crippen molar-refractivity contribution in [1.29, 1.82) is 5.41 Å². The predicted octanol–water partition coefficient (Wildman–Crippen LogP) is 5.91. The molecule has 0 bridgehead atoms. The molecule has 1 aliphatic heterocycles. The van der Waals surface area contributed by atoms with Gasteiger partial charge in [-0.1, -0.05) is 31.1 Å². The van der Waals surface area contributed by atoms with Crippen molar-refractivity contribution in [3.63, 3.8) is 0 Å². The van der Waals surface area contributed by atoms with Crippen LogP contribution in [0.15, 0.2) is 47.0 Å². The Morgan fingerprint density at radius 1 is 1.23 bits per heavy atom. The lowest BCUT2D eigenvalue weighted by molar-refractivity contribution is -0.137. The van der Waals surface area contributed by atoms with Crippen LogP contribution in [0.4, 0.5) is 13.2 Å². The third kappa shape index (κ3) is 5.87. The first-order chi connectivity index (χ1) is 16.1. The molecule has 1 aromatic heterocycles. The molecule has 0 unspecified atom stereocenters. The van der Waals surface area contributed by atoms with E-state index in [-0.39, 0.29) is 36.9 Å². The van der Waals surface area contributed by atoms with Gasteiger partial charge in [0, 0.05) is 12.1 Å². The fourth-order valence-electron chi connectivity index (χ4n) is 4.02. The van der Waals surface area contributed by atoms with Gasteiger partial charge in [0.2, 0.25) is 11.7 Å². The van der Waals surface area contributed by atoms with E-state index < -0.39 is 11.7 Å². The Morgan fingerprint density at radius 2 is 1.94 bits per heavy atom. The number of aromatic nitrogens is 2.